The fourth-order valence-corrected chi connectivity index (χ4v) is 2.04. The van der Waals surface area contributed by atoms with Crippen molar-refractivity contribution in [3.63, 3.8) is 0 Å². The molecule has 0 heterocycles. The van der Waals surface area contributed by atoms with Crippen LogP contribution < -0.4 is 10.1 Å². The van der Waals surface area contributed by atoms with Crippen molar-refractivity contribution in [3.8, 4) is 5.75 Å². The van der Waals surface area contributed by atoms with Gasteiger partial charge in [0.15, 0.2) is 0 Å². The van der Waals surface area contributed by atoms with Gasteiger partial charge in [0.05, 0.1) is 0 Å². The Labute approximate surface area is 108 Å². The van der Waals surface area contributed by atoms with Gasteiger partial charge in [-0.2, -0.15) is 0 Å². The summed E-state index contributed by atoms with van der Waals surface area (Å²) in [7, 11) is 0. The van der Waals surface area contributed by atoms with Crippen molar-refractivity contribution in [1.82, 2.24) is 5.32 Å². The van der Waals surface area contributed by atoms with Crippen LogP contribution in [0.3, 0.4) is 0 Å². The predicted octanol–water partition coefficient (Wildman–Crippen LogP) is 3.42. The Morgan fingerprint density at radius 1 is 1.47 bits per heavy atom. The van der Waals surface area contributed by atoms with E-state index in [4.69, 9.17) is 16.3 Å². The standard InChI is InChI=1S/C14H20ClNO/c1-10-9-13(5-6-14(10)15)17-8-7-16-11(2)12-3-4-12/h5-6,9,11-12,16H,3-4,7-8H2,1-2H3. The SMILES string of the molecule is Cc1cc(OCCNC(C)C2CC2)ccc1Cl. The van der Waals surface area contributed by atoms with Crippen molar-refractivity contribution in [2.45, 2.75) is 32.7 Å². The molecule has 1 atom stereocenters. The van der Waals surface area contributed by atoms with Crippen molar-refractivity contribution in [2.24, 2.45) is 5.92 Å². The third-order valence-corrected chi connectivity index (χ3v) is 3.72. The maximum atomic E-state index is 5.96. The van der Waals surface area contributed by atoms with Gasteiger partial charge in [0.2, 0.25) is 0 Å². The molecule has 1 aliphatic carbocycles. The molecule has 2 rings (SSSR count). The molecular weight excluding hydrogens is 234 g/mol. The summed E-state index contributed by atoms with van der Waals surface area (Å²) in [5, 5.41) is 4.28. The van der Waals surface area contributed by atoms with Gasteiger partial charge < -0.3 is 10.1 Å². The Morgan fingerprint density at radius 3 is 2.88 bits per heavy atom. The summed E-state index contributed by atoms with van der Waals surface area (Å²) in [5.41, 5.74) is 1.06. The fourth-order valence-electron chi connectivity index (χ4n) is 1.93. The predicted molar refractivity (Wildman–Crippen MR) is 71.9 cm³/mol. The van der Waals surface area contributed by atoms with Crippen molar-refractivity contribution in [2.75, 3.05) is 13.2 Å². The Balaban J connectivity index is 1.68. The van der Waals surface area contributed by atoms with E-state index in [2.05, 4.69) is 12.2 Å². The highest BCUT2D eigenvalue weighted by Crippen LogP contribution is 2.32. The molecule has 1 aliphatic rings. The first-order chi connectivity index (χ1) is 8.16. The summed E-state index contributed by atoms with van der Waals surface area (Å²) in [6.45, 7) is 5.85. The highest BCUT2D eigenvalue weighted by Gasteiger charge is 2.27. The second-order valence-corrected chi connectivity index (χ2v) is 5.25. The second kappa shape index (κ2) is 5.74. The number of nitrogens with one attached hydrogen (secondary N) is 1. The lowest BCUT2D eigenvalue weighted by Crippen LogP contribution is -2.31. The largest absolute Gasteiger partial charge is 0.492 e. The van der Waals surface area contributed by atoms with E-state index < -0.39 is 0 Å². The first-order valence-electron chi connectivity index (χ1n) is 6.29. The molecule has 1 N–H and O–H groups in total. The average molecular weight is 254 g/mol. The summed E-state index contributed by atoms with van der Waals surface area (Å²) in [6, 6.07) is 6.41. The van der Waals surface area contributed by atoms with E-state index in [0.29, 0.717) is 12.6 Å². The Hall–Kier alpha value is -0.730. The minimum atomic E-state index is 0.630. The van der Waals surface area contributed by atoms with Gasteiger partial charge >= 0.3 is 0 Å². The summed E-state index contributed by atoms with van der Waals surface area (Å²) in [5.74, 6) is 1.79. The molecule has 1 fully saturated rings. The molecule has 0 amide bonds. The van der Waals surface area contributed by atoms with E-state index >= 15 is 0 Å². The normalized spacial score (nSPS) is 16.9. The van der Waals surface area contributed by atoms with Gasteiger partial charge in [-0.1, -0.05) is 11.6 Å². The van der Waals surface area contributed by atoms with E-state index in [-0.39, 0.29) is 0 Å². The Kier molecular flexibility index (Phi) is 4.30. The number of hydrogen-bond donors (Lipinski definition) is 1. The van der Waals surface area contributed by atoms with E-state index in [1.807, 2.05) is 25.1 Å². The highest BCUT2D eigenvalue weighted by atomic mass is 35.5. The lowest BCUT2D eigenvalue weighted by atomic mass is 10.2. The third-order valence-electron chi connectivity index (χ3n) is 3.30. The number of rotatable bonds is 6. The molecule has 1 unspecified atom stereocenters. The summed E-state index contributed by atoms with van der Waals surface area (Å²) in [6.07, 6.45) is 2.76. The van der Waals surface area contributed by atoms with E-state index in [0.717, 1.165) is 28.8 Å². The lowest BCUT2D eigenvalue weighted by Gasteiger charge is -2.13. The van der Waals surface area contributed by atoms with Crippen LogP contribution in [0.15, 0.2) is 18.2 Å². The molecule has 0 spiro atoms. The van der Waals surface area contributed by atoms with E-state index in [1.54, 1.807) is 0 Å². The van der Waals surface area contributed by atoms with Crippen molar-refractivity contribution in [1.29, 1.82) is 0 Å². The zero-order valence-corrected chi connectivity index (χ0v) is 11.3. The number of halogens is 1. The average Bonchev–Trinajstić information content (AvgIpc) is 3.13. The zero-order chi connectivity index (χ0) is 12.3. The molecule has 1 aromatic rings. The van der Waals surface area contributed by atoms with Gasteiger partial charge in [-0.25, -0.2) is 0 Å². The molecule has 17 heavy (non-hydrogen) atoms. The molecule has 0 bridgehead atoms. The molecule has 0 saturated heterocycles. The minimum absolute atomic E-state index is 0.630. The maximum Gasteiger partial charge on any atom is 0.119 e. The van der Waals surface area contributed by atoms with Crippen molar-refractivity contribution in [3.05, 3.63) is 28.8 Å². The Morgan fingerprint density at radius 2 is 2.24 bits per heavy atom. The number of benzene rings is 1. The maximum absolute atomic E-state index is 5.96. The topological polar surface area (TPSA) is 21.3 Å². The molecule has 94 valence electrons. The monoisotopic (exact) mass is 253 g/mol. The van der Waals surface area contributed by atoms with Gasteiger partial charge in [-0.05, 0) is 56.4 Å². The van der Waals surface area contributed by atoms with Gasteiger partial charge in [0.25, 0.3) is 0 Å². The van der Waals surface area contributed by atoms with Gasteiger partial charge in [-0.15, -0.1) is 0 Å². The molecule has 2 nitrogen and oxygen atoms in total. The van der Waals surface area contributed by atoms with Crippen LogP contribution in [0, 0.1) is 12.8 Å². The van der Waals surface area contributed by atoms with Crippen LogP contribution in [0.4, 0.5) is 0 Å². The third kappa shape index (κ3) is 3.90. The molecule has 0 aromatic heterocycles. The van der Waals surface area contributed by atoms with E-state index in [9.17, 15) is 0 Å². The first-order valence-corrected chi connectivity index (χ1v) is 6.67. The summed E-state index contributed by atoms with van der Waals surface area (Å²) in [4.78, 5) is 0. The Bertz CT molecular complexity index is 376. The van der Waals surface area contributed by atoms with Crippen LogP contribution in [0.5, 0.6) is 5.75 Å². The number of aryl methyl sites for hydroxylation is 1. The molecular formula is C14H20ClNO. The molecule has 0 aliphatic heterocycles. The quantitative estimate of drug-likeness (QED) is 0.785. The molecule has 1 aromatic carbocycles. The summed E-state index contributed by atoms with van der Waals surface area (Å²) >= 11 is 5.96. The van der Waals surface area contributed by atoms with Crippen LogP contribution in [0.25, 0.3) is 0 Å². The lowest BCUT2D eigenvalue weighted by molar-refractivity contribution is 0.303. The molecule has 0 radical (unpaired) electrons. The van der Waals surface area contributed by atoms with Crippen LogP contribution in [-0.4, -0.2) is 19.2 Å². The first kappa shape index (κ1) is 12.7. The van der Waals surface area contributed by atoms with Crippen LogP contribution in [-0.2, 0) is 0 Å². The fraction of sp³-hybridized carbons (Fsp3) is 0.571. The van der Waals surface area contributed by atoms with Gasteiger partial charge in [0, 0.05) is 17.6 Å². The van der Waals surface area contributed by atoms with Gasteiger partial charge in [0.1, 0.15) is 12.4 Å². The molecule has 3 heteroatoms. The number of ether oxygens (including phenoxy) is 1. The van der Waals surface area contributed by atoms with E-state index in [1.165, 1.54) is 12.8 Å². The van der Waals surface area contributed by atoms with Crippen LogP contribution in [0.2, 0.25) is 5.02 Å². The van der Waals surface area contributed by atoms with Crippen LogP contribution in [0.1, 0.15) is 25.3 Å². The summed E-state index contributed by atoms with van der Waals surface area (Å²) < 4.78 is 5.67. The second-order valence-electron chi connectivity index (χ2n) is 4.84. The van der Waals surface area contributed by atoms with Crippen molar-refractivity contribution < 1.29 is 4.74 Å². The molecule has 1 saturated carbocycles. The van der Waals surface area contributed by atoms with Crippen molar-refractivity contribution >= 4 is 11.6 Å². The van der Waals surface area contributed by atoms with Crippen LogP contribution >= 0.6 is 11.6 Å². The highest BCUT2D eigenvalue weighted by molar-refractivity contribution is 6.31. The number of hydrogen-bond acceptors (Lipinski definition) is 2. The van der Waals surface area contributed by atoms with Gasteiger partial charge in [-0.3, -0.25) is 0 Å². The zero-order valence-electron chi connectivity index (χ0n) is 10.5. The smallest absolute Gasteiger partial charge is 0.119 e. The minimum Gasteiger partial charge on any atom is -0.492 e.